The number of aliphatic hydroxyl groups excluding tert-OH is 1. The fourth-order valence-corrected chi connectivity index (χ4v) is 3.84. The van der Waals surface area contributed by atoms with Gasteiger partial charge in [-0.05, 0) is 18.2 Å². The Morgan fingerprint density at radius 1 is 1.29 bits per heavy atom. The predicted molar refractivity (Wildman–Crippen MR) is 122 cm³/mol. The highest BCUT2D eigenvalue weighted by Crippen LogP contribution is 2.33. The van der Waals surface area contributed by atoms with Gasteiger partial charge >= 0.3 is 0 Å². The second-order valence-electron chi connectivity index (χ2n) is 7.84. The van der Waals surface area contributed by atoms with Crippen LogP contribution in [0.2, 0.25) is 0 Å². The number of imidazole rings is 1. The first-order valence-electron chi connectivity index (χ1n) is 10.8. The fraction of sp³-hybridized carbons (Fsp3) is 0.273. The van der Waals surface area contributed by atoms with Gasteiger partial charge in [0.25, 0.3) is 5.91 Å². The summed E-state index contributed by atoms with van der Waals surface area (Å²) in [6.45, 7) is 0.357. The van der Waals surface area contributed by atoms with Gasteiger partial charge in [-0.15, -0.1) is 0 Å². The van der Waals surface area contributed by atoms with Crippen molar-refractivity contribution in [3.8, 4) is 11.4 Å². The van der Waals surface area contributed by atoms with Crippen LogP contribution in [-0.4, -0.2) is 59.8 Å². The molecule has 0 bridgehead atoms. The van der Waals surface area contributed by atoms with Crippen LogP contribution in [0.1, 0.15) is 18.3 Å². The molecular formula is C22H22FN9O3. The van der Waals surface area contributed by atoms with Crippen LogP contribution < -0.4 is 16.2 Å². The highest BCUT2D eigenvalue weighted by molar-refractivity contribution is 5.85. The van der Waals surface area contributed by atoms with Crippen LogP contribution in [0.15, 0.2) is 49.2 Å². The topological polar surface area (TPSA) is 152 Å². The number of carbonyl (C=O) groups excluding carboxylic acids is 1. The second-order valence-corrected chi connectivity index (χ2v) is 7.84. The largest absolute Gasteiger partial charge is 0.388 e. The molecule has 35 heavy (non-hydrogen) atoms. The summed E-state index contributed by atoms with van der Waals surface area (Å²) in [6, 6.07) is 6.83. The van der Waals surface area contributed by atoms with Crippen LogP contribution in [0.3, 0.4) is 0 Å². The number of halogens is 1. The summed E-state index contributed by atoms with van der Waals surface area (Å²) in [5.41, 5.74) is 6.89. The number of pyridine rings is 2. The molecule has 4 aromatic heterocycles. The molecule has 0 saturated carbocycles. The van der Waals surface area contributed by atoms with Crippen molar-refractivity contribution in [3.05, 3.63) is 60.7 Å². The summed E-state index contributed by atoms with van der Waals surface area (Å²) in [7, 11) is 1.56. The van der Waals surface area contributed by atoms with Gasteiger partial charge in [0.05, 0.1) is 24.8 Å². The first-order valence-corrected chi connectivity index (χ1v) is 10.8. The number of aliphatic hydroxyl groups is 1. The van der Waals surface area contributed by atoms with E-state index in [4.69, 9.17) is 4.74 Å². The van der Waals surface area contributed by atoms with Crippen molar-refractivity contribution in [2.75, 3.05) is 12.4 Å². The summed E-state index contributed by atoms with van der Waals surface area (Å²) < 4.78 is 21.2. The lowest BCUT2D eigenvalue weighted by Crippen LogP contribution is -2.41. The number of anilines is 1. The minimum atomic E-state index is -0.987. The van der Waals surface area contributed by atoms with Crippen molar-refractivity contribution in [2.24, 2.45) is 0 Å². The Labute approximate surface area is 198 Å². The van der Waals surface area contributed by atoms with E-state index >= 15 is 0 Å². The van der Waals surface area contributed by atoms with E-state index in [9.17, 15) is 14.3 Å². The average Bonchev–Trinajstić information content (AvgIpc) is 3.46. The van der Waals surface area contributed by atoms with E-state index in [0.717, 1.165) is 11.9 Å². The van der Waals surface area contributed by atoms with Gasteiger partial charge in [-0.3, -0.25) is 24.8 Å². The van der Waals surface area contributed by atoms with Crippen LogP contribution in [0.4, 0.5) is 10.2 Å². The summed E-state index contributed by atoms with van der Waals surface area (Å²) in [6.07, 6.45) is 3.02. The number of nitrogens with zero attached hydrogens (tertiary/aromatic N) is 6. The summed E-state index contributed by atoms with van der Waals surface area (Å²) >= 11 is 0. The zero-order valence-electron chi connectivity index (χ0n) is 18.6. The summed E-state index contributed by atoms with van der Waals surface area (Å²) in [4.78, 5) is 33.9. The molecular weight excluding hydrogens is 457 g/mol. The van der Waals surface area contributed by atoms with Gasteiger partial charge in [0.15, 0.2) is 29.0 Å². The molecule has 1 aliphatic heterocycles. The number of fused-ring (bicyclic) bond motifs is 1. The number of hydrogen-bond donors (Lipinski definition) is 4. The Morgan fingerprint density at radius 3 is 2.94 bits per heavy atom. The van der Waals surface area contributed by atoms with Crippen LogP contribution in [-0.2, 0) is 16.1 Å². The number of ether oxygens (including phenoxy) is 1. The summed E-state index contributed by atoms with van der Waals surface area (Å²) in [5.74, 6) is -0.352. The fourth-order valence-electron chi connectivity index (χ4n) is 3.84. The first-order chi connectivity index (χ1) is 17.0. The number of carbonyl (C=O) groups is 1. The monoisotopic (exact) mass is 479 g/mol. The number of nitrogens with one attached hydrogen (secondary N) is 3. The smallest absolute Gasteiger partial charge is 0.263 e. The molecule has 13 heteroatoms. The highest BCUT2D eigenvalue weighted by Gasteiger charge is 2.40. The highest BCUT2D eigenvalue weighted by atomic mass is 19.1. The van der Waals surface area contributed by atoms with Crippen LogP contribution in [0.5, 0.6) is 0 Å². The predicted octanol–water partition coefficient (Wildman–Crippen LogP) is 0.934. The maximum atomic E-state index is 13.9. The zero-order chi connectivity index (χ0) is 24.4. The maximum absolute atomic E-state index is 13.9. The van der Waals surface area contributed by atoms with E-state index in [1.165, 1.54) is 23.2 Å². The molecule has 180 valence electrons. The molecule has 1 fully saturated rings. The number of hydrogen-bond acceptors (Lipinski definition) is 10. The third-order valence-corrected chi connectivity index (χ3v) is 5.45. The van der Waals surface area contributed by atoms with Gasteiger partial charge in [0.2, 0.25) is 0 Å². The summed E-state index contributed by atoms with van der Waals surface area (Å²) in [5, 5.41) is 13.9. The van der Waals surface area contributed by atoms with Gasteiger partial charge in [-0.1, -0.05) is 6.07 Å². The average molecular weight is 479 g/mol. The SMILES string of the molecule is CNNC(=O)[C@@H]1C[C@@H](O)[C@H](n2cnc3c(NCc4ccccn4)nc(-c4cncc(F)c4)nc32)O1. The van der Waals surface area contributed by atoms with Crippen LogP contribution >= 0.6 is 0 Å². The Morgan fingerprint density at radius 2 is 2.17 bits per heavy atom. The normalized spacial score (nSPS) is 19.7. The molecule has 1 aliphatic rings. The molecule has 5 rings (SSSR count). The zero-order valence-corrected chi connectivity index (χ0v) is 18.6. The molecule has 4 N–H and O–H groups in total. The lowest BCUT2D eigenvalue weighted by atomic mass is 10.2. The van der Waals surface area contributed by atoms with Crippen molar-refractivity contribution in [3.63, 3.8) is 0 Å². The number of hydrazine groups is 1. The molecule has 1 amide bonds. The molecule has 0 aliphatic carbocycles. The molecule has 0 spiro atoms. The lowest BCUT2D eigenvalue weighted by molar-refractivity contribution is -0.135. The molecule has 0 unspecified atom stereocenters. The Hall–Kier alpha value is -4.07. The van der Waals surface area contributed by atoms with E-state index in [1.54, 1.807) is 13.2 Å². The minimum absolute atomic E-state index is 0.0917. The van der Waals surface area contributed by atoms with E-state index in [1.807, 2.05) is 18.2 Å². The minimum Gasteiger partial charge on any atom is -0.388 e. The van der Waals surface area contributed by atoms with Crippen molar-refractivity contribution < 1.29 is 19.0 Å². The van der Waals surface area contributed by atoms with E-state index in [-0.39, 0.29) is 12.2 Å². The standard InChI is InChI=1S/C22H22FN9O3/c1-24-31-21(34)16-7-15(33)22(35-16)32-11-28-17-19(27-10-14-4-2-3-5-26-14)29-18(30-20(17)32)12-6-13(23)9-25-8-12/h2-6,8-9,11,15-16,22,24,33H,7,10H2,1H3,(H,31,34)(H,27,29,30)/t15-,16+,22-/m1/s1. The van der Waals surface area contributed by atoms with Crippen LogP contribution in [0, 0.1) is 5.82 Å². The molecule has 0 aromatic carbocycles. The van der Waals surface area contributed by atoms with Gasteiger partial charge < -0.3 is 15.2 Å². The molecule has 4 aromatic rings. The quantitative estimate of drug-likeness (QED) is 0.282. The molecule has 12 nitrogen and oxygen atoms in total. The molecule has 0 radical (unpaired) electrons. The van der Waals surface area contributed by atoms with Crippen molar-refractivity contribution in [1.29, 1.82) is 0 Å². The number of aromatic nitrogens is 6. The maximum Gasteiger partial charge on any atom is 0.263 e. The van der Waals surface area contributed by atoms with Gasteiger partial charge in [0.1, 0.15) is 18.0 Å². The molecule has 1 saturated heterocycles. The molecule has 3 atom stereocenters. The Kier molecular flexibility index (Phi) is 6.27. The lowest BCUT2D eigenvalue weighted by Gasteiger charge is -2.17. The third-order valence-electron chi connectivity index (χ3n) is 5.45. The van der Waals surface area contributed by atoms with Crippen molar-refractivity contribution in [2.45, 2.75) is 31.4 Å². The van der Waals surface area contributed by atoms with Crippen LogP contribution in [0.25, 0.3) is 22.6 Å². The molecule has 5 heterocycles. The van der Waals surface area contributed by atoms with Crippen molar-refractivity contribution in [1.82, 2.24) is 40.3 Å². The number of amides is 1. The van der Waals surface area contributed by atoms with Gasteiger partial charge in [-0.25, -0.2) is 24.8 Å². The Balaban J connectivity index is 1.55. The van der Waals surface area contributed by atoms with E-state index < -0.39 is 30.2 Å². The number of rotatable bonds is 7. The van der Waals surface area contributed by atoms with Gasteiger partial charge in [-0.2, -0.15) is 0 Å². The third kappa shape index (κ3) is 4.64. The Bertz CT molecular complexity index is 1350. The van der Waals surface area contributed by atoms with Gasteiger partial charge in [0, 0.05) is 31.4 Å². The van der Waals surface area contributed by atoms with Crippen molar-refractivity contribution >= 4 is 22.9 Å². The van der Waals surface area contributed by atoms with E-state index in [2.05, 4.69) is 41.1 Å². The van der Waals surface area contributed by atoms with E-state index in [0.29, 0.717) is 29.1 Å². The first kappa shape index (κ1) is 22.7. The second kappa shape index (κ2) is 9.66.